The monoisotopic (exact) mass is 490 g/mol. The van der Waals surface area contributed by atoms with Crippen LogP contribution >= 0.6 is 7.60 Å². The fourth-order valence-corrected chi connectivity index (χ4v) is 4.04. The van der Waals surface area contributed by atoms with Crippen molar-refractivity contribution in [3.63, 3.8) is 0 Å². The van der Waals surface area contributed by atoms with Crippen LogP contribution in [0.4, 0.5) is 0 Å². The van der Waals surface area contributed by atoms with Gasteiger partial charge >= 0.3 is 13.6 Å². The molecule has 0 aliphatic rings. The molecule has 8 nitrogen and oxygen atoms in total. The molecule has 0 aliphatic carbocycles. The lowest BCUT2D eigenvalue weighted by molar-refractivity contribution is -0.154. The van der Waals surface area contributed by atoms with Gasteiger partial charge in [-0.05, 0) is 43.9 Å². The maximum Gasteiger partial charge on any atom is 0.343 e. The maximum atomic E-state index is 12.9. The van der Waals surface area contributed by atoms with Crippen LogP contribution in [0.3, 0.4) is 0 Å². The van der Waals surface area contributed by atoms with E-state index in [4.69, 9.17) is 13.8 Å². The third kappa shape index (κ3) is 9.39. The second-order valence-electron chi connectivity index (χ2n) is 8.79. The van der Waals surface area contributed by atoms with Crippen molar-refractivity contribution in [3.05, 3.63) is 60.2 Å². The topological polar surface area (TPSA) is 103 Å². The number of hydrogen-bond acceptors (Lipinski definition) is 7. The third-order valence-corrected chi connectivity index (χ3v) is 6.64. The van der Waals surface area contributed by atoms with Crippen LogP contribution in [0.15, 0.2) is 54.6 Å². The highest BCUT2D eigenvalue weighted by atomic mass is 31.2. The minimum absolute atomic E-state index is 0.0517. The smallest absolute Gasteiger partial charge is 0.343 e. The van der Waals surface area contributed by atoms with Crippen LogP contribution in [0.2, 0.25) is 0 Å². The highest BCUT2D eigenvalue weighted by Gasteiger charge is 2.26. The molecule has 1 atom stereocenters. The Labute approximate surface area is 201 Å². The molecule has 9 heteroatoms. The van der Waals surface area contributed by atoms with E-state index in [-0.39, 0.29) is 25.2 Å². The normalized spacial score (nSPS) is 12.7. The summed E-state index contributed by atoms with van der Waals surface area (Å²) in [7, 11) is -0.766. The fraction of sp³-hybridized carbons (Fsp3) is 0.440. The zero-order chi connectivity index (χ0) is 25.2. The van der Waals surface area contributed by atoms with E-state index in [1.807, 2.05) is 54.6 Å². The Morgan fingerprint density at radius 3 is 2.09 bits per heavy atom. The maximum absolute atomic E-state index is 12.9. The van der Waals surface area contributed by atoms with Crippen LogP contribution in [-0.2, 0) is 34.4 Å². The standard InChI is InChI=1S/C25H35N2O6P/c1-25(2,3)33-23(28)15-16-26-24(29)22(27-18-34(30,31-4)32-5)17-19-11-13-21(14-12-19)20-9-7-6-8-10-20/h6-14,22,27H,15-18H2,1-5H3,(H,26,29). The molecule has 0 saturated heterocycles. The van der Waals surface area contributed by atoms with Gasteiger partial charge in [-0.1, -0.05) is 54.6 Å². The lowest BCUT2D eigenvalue weighted by Gasteiger charge is -2.22. The summed E-state index contributed by atoms with van der Waals surface area (Å²) in [5.74, 6) is -0.716. The zero-order valence-corrected chi connectivity index (χ0v) is 21.4. The Morgan fingerprint density at radius 1 is 0.941 bits per heavy atom. The van der Waals surface area contributed by atoms with E-state index in [9.17, 15) is 14.2 Å². The molecule has 186 valence electrons. The summed E-state index contributed by atoms with van der Waals surface area (Å²) in [6, 6.07) is 17.2. The van der Waals surface area contributed by atoms with Gasteiger partial charge in [0.2, 0.25) is 5.91 Å². The van der Waals surface area contributed by atoms with Gasteiger partial charge in [0.1, 0.15) is 5.60 Å². The lowest BCUT2D eigenvalue weighted by atomic mass is 10.0. The van der Waals surface area contributed by atoms with Gasteiger partial charge in [-0.25, -0.2) is 0 Å². The van der Waals surface area contributed by atoms with Crippen molar-refractivity contribution in [2.75, 3.05) is 27.1 Å². The largest absolute Gasteiger partial charge is 0.460 e. The average molecular weight is 491 g/mol. The second kappa shape index (κ2) is 12.8. The van der Waals surface area contributed by atoms with Crippen LogP contribution in [0.1, 0.15) is 32.8 Å². The molecule has 2 N–H and O–H groups in total. The summed E-state index contributed by atoms with van der Waals surface area (Å²) in [4.78, 5) is 24.8. The zero-order valence-electron chi connectivity index (χ0n) is 20.5. The number of hydrogen-bond donors (Lipinski definition) is 2. The number of benzene rings is 2. The van der Waals surface area contributed by atoms with Crippen molar-refractivity contribution in [1.82, 2.24) is 10.6 Å². The van der Waals surface area contributed by atoms with E-state index < -0.39 is 25.2 Å². The van der Waals surface area contributed by atoms with Gasteiger partial charge in [-0.3, -0.25) is 19.5 Å². The molecular weight excluding hydrogens is 455 g/mol. The predicted molar refractivity (Wildman–Crippen MR) is 132 cm³/mol. The first-order valence-electron chi connectivity index (χ1n) is 11.1. The number of carbonyl (C=O) groups is 2. The molecule has 0 spiro atoms. The molecule has 0 radical (unpaired) electrons. The first kappa shape index (κ1) is 27.7. The van der Waals surface area contributed by atoms with Crippen molar-refractivity contribution in [1.29, 1.82) is 0 Å². The molecule has 2 rings (SSSR count). The molecule has 0 bridgehead atoms. The molecule has 2 aromatic carbocycles. The summed E-state index contributed by atoms with van der Waals surface area (Å²) >= 11 is 0. The number of ether oxygens (including phenoxy) is 1. The molecule has 2 aromatic rings. The summed E-state index contributed by atoms with van der Waals surface area (Å²) in [5.41, 5.74) is 2.51. The van der Waals surface area contributed by atoms with Gasteiger partial charge in [-0.15, -0.1) is 0 Å². The van der Waals surface area contributed by atoms with Crippen LogP contribution in [0.5, 0.6) is 0 Å². The second-order valence-corrected chi connectivity index (χ2v) is 11.1. The molecule has 0 aliphatic heterocycles. The van der Waals surface area contributed by atoms with Crippen molar-refractivity contribution in [2.45, 2.75) is 45.3 Å². The van der Waals surface area contributed by atoms with E-state index in [1.54, 1.807) is 20.8 Å². The van der Waals surface area contributed by atoms with E-state index in [1.165, 1.54) is 14.2 Å². The Kier molecular flexibility index (Phi) is 10.5. The molecule has 0 aromatic heterocycles. The molecule has 0 fully saturated rings. The van der Waals surface area contributed by atoms with Crippen molar-refractivity contribution >= 4 is 19.5 Å². The molecule has 34 heavy (non-hydrogen) atoms. The summed E-state index contributed by atoms with van der Waals surface area (Å²) in [5, 5.41) is 5.75. The van der Waals surface area contributed by atoms with Gasteiger partial charge in [0, 0.05) is 20.8 Å². The van der Waals surface area contributed by atoms with Crippen molar-refractivity contribution < 1.29 is 27.9 Å². The number of amides is 1. The van der Waals surface area contributed by atoms with E-state index >= 15 is 0 Å². The van der Waals surface area contributed by atoms with Crippen molar-refractivity contribution in [2.24, 2.45) is 0 Å². The number of nitrogens with one attached hydrogen (secondary N) is 2. The highest BCUT2D eigenvalue weighted by Crippen LogP contribution is 2.44. The summed E-state index contributed by atoms with van der Waals surface area (Å²) in [6.07, 6.45) is 0.267. The summed E-state index contributed by atoms with van der Waals surface area (Å²) < 4.78 is 27.7. The minimum Gasteiger partial charge on any atom is -0.460 e. The molecule has 0 saturated carbocycles. The molecule has 0 heterocycles. The lowest BCUT2D eigenvalue weighted by Crippen LogP contribution is -2.46. The van der Waals surface area contributed by atoms with Crippen LogP contribution in [0.25, 0.3) is 11.1 Å². The Hall–Kier alpha value is -2.51. The number of carbonyl (C=O) groups excluding carboxylic acids is 2. The minimum atomic E-state index is -3.36. The van der Waals surface area contributed by atoms with E-state index in [0.717, 1.165) is 16.7 Å². The van der Waals surface area contributed by atoms with Crippen LogP contribution in [-0.4, -0.2) is 50.6 Å². The third-order valence-electron chi connectivity index (χ3n) is 4.95. The molecule has 1 unspecified atom stereocenters. The van der Waals surface area contributed by atoms with Gasteiger partial charge in [0.05, 0.1) is 18.7 Å². The first-order chi connectivity index (χ1) is 16.0. The average Bonchev–Trinajstić information content (AvgIpc) is 2.81. The first-order valence-corrected chi connectivity index (χ1v) is 12.9. The number of rotatable bonds is 12. The Morgan fingerprint density at radius 2 is 1.53 bits per heavy atom. The number of esters is 1. The van der Waals surface area contributed by atoms with E-state index in [0.29, 0.717) is 6.42 Å². The van der Waals surface area contributed by atoms with Crippen LogP contribution < -0.4 is 10.6 Å². The van der Waals surface area contributed by atoms with Gasteiger partial charge in [0.15, 0.2) is 0 Å². The Balaban J connectivity index is 2.05. The van der Waals surface area contributed by atoms with Gasteiger partial charge < -0.3 is 19.1 Å². The van der Waals surface area contributed by atoms with Crippen molar-refractivity contribution in [3.8, 4) is 11.1 Å². The molecule has 1 amide bonds. The molecular formula is C25H35N2O6P. The summed E-state index contributed by atoms with van der Waals surface area (Å²) in [6.45, 7) is 5.49. The van der Waals surface area contributed by atoms with E-state index in [2.05, 4.69) is 10.6 Å². The highest BCUT2D eigenvalue weighted by molar-refractivity contribution is 7.53. The SMILES string of the molecule is COP(=O)(CNC(Cc1ccc(-c2ccccc2)cc1)C(=O)NCCC(=O)OC(C)(C)C)OC. The van der Waals surface area contributed by atoms with Gasteiger partial charge in [0.25, 0.3) is 0 Å². The Bertz CT molecular complexity index is 965. The fourth-order valence-electron chi connectivity index (χ4n) is 3.19. The predicted octanol–water partition coefficient (Wildman–Crippen LogP) is 4.15. The van der Waals surface area contributed by atoms with Crippen LogP contribution in [0, 0.1) is 0 Å². The van der Waals surface area contributed by atoms with Gasteiger partial charge in [-0.2, -0.15) is 0 Å². The quantitative estimate of drug-likeness (QED) is 0.340.